The molecule has 4 nitrogen and oxygen atoms in total. The standard InChI is InChI=1S/C8H19N3O/c1-4-7(5-9)11-8(12)10-6(2)3/h6-7H,4-5,9H2,1-3H3,(H2,10,11,12). The van der Waals surface area contributed by atoms with Crippen LogP contribution in [0.3, 0.4) is 0 Å². The summed E-state index contributed by atoms with van der Waals surface area (Å²) in [5, 5.41) is 5.51. The van der Waals surface area contributed by atoms with E-state index in [0.29, 0.717) is 6.54 Å². The molecule has 0 aromatic rings. The van der Waals surface area contributed by atoms with E-state index in [0.717, 1.165) is 6.42 Å². The molecule has 0 bridgehead atoms. The van der Waals surface area contributed by atoms with Gasteiger partial charge < -0.3 is 16.4 Å². The fourth-order valence-corrected chi connectivity index (χ4v) is 0.817. The van der Waals surface area contributed by atoms with Gasteiger partial charge in [-0.1, -0.05) is 6.92 Å². The summed E-state index contributed by atoms with van der Waals surface area (Å²) in [5.41, 5.74) is 5.42. The van der Waals surface area contributed by atoms with E-state index in [4.69, 9.17) is 5.73 Å². The van der Waals surface area contributed by atoms with Crippen molar-refractivity contribution in [3.8, 4) is 0 Å². The average molecular weight is 173 g/mol. The monoisotopic (exact) mass is 173 g/mol. The number of urea groups is 1. The maximum atomic E-state index is 11.1. The fraction of sp³-hybridized carbons (Fsp3) is 0.875. The van der Waals surface area contributed by atoms with E-state index in [-0.39, 0.29) is 18.1 Å². The third-order valence-electron chi connectivity index (χ3n) is 1.53. The Morgan fingerprint density at radius 3 is 2.33 bits per heavy atom. The van der Waals surface area contributed by atoms with Gasteiger partial charge in [0.25, 0.3) is 0 Å². The highest BCUT2D eigenvalue weighted by Gasteiger charge is 2.07. The summed E-state index contributed by atoms with van der Waals surface area (Å²) in [5.74, 6) is 0. The number of amides is 2. The van der Waals surface area contributed by atoms with Crippen molar-refractivity contribution >= 4 is 6.03 Å². The molecule has 0 aromatic carbocycles. The number of rotatable bonds is 4. The van der Waals surface area contributed by atoms with Crippen LogP contribution in [0.1, 0.15) is 27.2 Å². The Balaban J connectivity index is 3.66. The lowest BCUT2D eigenvalue weighted by Gasteiger charge is -2.16. The number of carbonyl (C=O) groups excluding carboxylic acids is 1. The molecule has 0 aromatic heterocycles. The Labute approximate surface area is 73.9 Å². The molecule has 0 spiro atoms. The number of nitrogens with one attached hydrogen (secondary N) is 2. The molecule has 2 amide bonds. The quantitative estimate of drug-likeness (QED) is 0.577. The van der Waals surface area contributed by atoms with Crippen LogP contribution in [0.4, 0.5) is 4.79 Å². The molecular formula is C8H19N3O. The van der Waals surface area contributed by atoms with E-state index in [1.54, 1.807) is 0 Å². The summed E-state index contributed by atoms with van der Waals surface area (Å²) in [6, 6.07) is 0.117. The van der Waals surface area contributed by atoms with Gasteiger partial charge in [0.05, 0.1) is 0 Å². The Hall–Kier alpha value is -0.770. The van der Waals surface area contributed by atoms with Gasteiger partial charge in [0.1, 0.15) is 0 Å². The summed E-state index contributed by atoms with van der Waals surface area (Å²) in [7, 11) is 0. The summed E-state index contributed by atoms with van der Waals surface area (Å²) >= 11 is 0. The lowest BCUT2D eigenvalue weighted by atomic mass is 10.2. The topological polar surface area (TPSA) is 67.1 Å². The molecule has 4 heteroatoms. The van der Waals surface area contributed by atoms with Gasteiger partial charge in [0.2, 0.25) is 0 Å². The molecule has 12 heavy (non-hydrogen) atoms. The van der Waals surface area contributed by atoms with Gasteiger partial charge in [-0.3, -0.25) is 0 Å². The molecule has 0 aliphatic heterocycles. The zero-order chi connectivity index (χ0) is 9.56. The summed E-state index contributed by atoms with van der Waals surface area (Å²) in [6.07, 6.45) is 0.863. The van der Waals surface area contributed by atoms with Gasteiger partial charge in [-0.2, -0.15) is 0 Å². The van der Waals surface area contributed by atoms with Crippen LogP contribution in [0, 0.1) is 0 Å². The molecule has 0 heterocycles. The van der Waals surface area contributed by atoms with Gasteiger partial charge in [0.15, 0.2) is 0 Å². The Morgan fingerprint density at radius 2 is 2.00 bits per heavy atom. The van der Waals surface area contributed by atoms with Crippen molar-refractivity contribution in [2.75, 3.05) is 6.54 Å². The fourth-order valence-electron chi connectivity index (χ4n) is 0.817. The predicted molar refractivity (Wildman–Crippen MR) is 49.9 cm³/mol. The molecule has 0 saturated heterocycles. The molecule has 0 aliphatic carbocycles. The Morgan fingerprint density at radius 1 is 1.42 bits per heavy atom. The maximum Gasteiger partial charge on any atom is 0.315 e. The summed E-state index contributed by atoms with van der Waals surface area (Å²) in [6.45, 7) is 6.32. The number of carbonyl (C=O) groups is 1. The minimum Gasteiger partial charge on any atom is -0.336 e. The number of hydrogen-bond donors (Lipinski definition) is 3. The van der Waals surface area contributed by atoms with Crippen LogP contribution in [0.15, 0.2) is 0 Å². The minimum atomic E-state index is -0.137. The van der Waals surface area contributed by atoms with Crippen LogP contribution in [-0.4, -0.2) is 24.7 Å². The second-order valence-electron chi connectivity index (χ2n) is 3.11. The van der Waals surface area contributed by atoms with Gasteiger partial charge in [-0.05, 0) is 20.3 Å². The van der Waals surface area contributed by atoms with Crippen LogP contribution in [0.5, 0.6) is 0 Å². The largest absolute Gasteiger partial charge is 0.336 e. The molecular weight excluding hydrogens is 154 g/mol. The molecule has 4 N–H and O–H groups in total. The molecule has 0 radical (unpaired) electrons. The normalized spacial score (nSPS) is 12.8. The first kappa shape index (κ1) is 11.2. The van der Waals surface area contributed by atoms with Gasteiger partial charge in [0, 0.05) is 18.6 Å². The first-order chi connectivity index (χ1) is 5.60. The van der Waals surface area contributed by atoms with Crippen LogP contribution in [-0.2, 0) is 0 Å². The van der Waals surface area contributed by atoms with Gasteiger partial charge in [-0.15, -0.1) is 0 Å². The van der Waals surface area contributed by atoms with E-state index in [2.05, 4.69) is 10.6 Å². The van der Waals surface area contributed by atoms with E-state index in [1.807, 2.05) is 20.8 Å². The van der Waals surface area contributed by atoms with Gasteiger partial charge >= 0.3 is 6.03 Å². The highest BCUT2D eigenvalue weighted by Crippen LogP contribution is 1.87. The zero-order valence-electron chi connectivity index (χ0n) is 8.05. The molecule has 0 saturated carbocycles. The first-order valence-electron chi connectivity index (χ1n) is 4.37. The van der Waals surface area contributed by atoms with Crippen molar-refractivity contribution in [3.05, 3.63) is 0 Å². The summed E-state index contributed by atoms with van der Waals surface area (Å²) < 4.78 is 0. The van der Waals surface area contributed by atoms with E-state index >= 15 is 0 Å². The average Bonchev–Trinajstić information content (AvgIpc) is 1.98. The lowest BCUT2D eigenvalue weighted by molar-refractivity contribution is 0.234. The molecule has 72 valence electrons. The second kappa shape index (κ2) is 5.83. The van der Waals surface area contributed by atoms with Crippen molar-refractivity contribution in [1.29, 1.82) is 0 Å². The highest BCUT2D eigenvalue weighted by molar-refractivity contribution is 5.74. The Bertz CT molecular complexity index is 132. The Kier molecular flexibility index (Phi) is 5.45. The molecule has 0 aliphatic rings. The van der Waals surface area contributed by atoms with Crippen molar-refractivity contribution < 1.29 is 4.79 Å². The van der Waals surface area contributed by atoms with Gasteiger partial charge in [-0.25, -0.2) is 4.79 Å². The SMILES string of the molecule is CCC(CN)NC(=O)NC(C)C. The molecule has 0 rings (SSSR count). The third-order valence-corrected chi connectivity index (χ3v) is 1.53. The number of hydrogen-bond acceptors (Lipinski definition) is 2. The van der Waals surface area contributed by atoms with Crippen LogP contribution >= 0.6 is 0 Å². The highest BCUT2D eigenvalue weighted by atomic mass is 16.2. The first-order valence-corrected chi connectivity index (χ1v) is 4.37. The van der Waals surface area contributed by atoms with Crippen LogP contribution in [0.25, 0.3) is 0 Å². The molecule has 0 fully saturated rings. The van der Waals surface area contributed by atoms with Crippen molar-refractivity contribution in [2.45, 2.75) is 39.3 Å². The lowest BCUT2D eigenvalue weighted by Crippen LogP contribution is -2.47. The third kappa shape index (κ3) is 4.96. The van der Waals surface area contributed by atoms with E-state index < -0.39 is 0 Å². The molecule has 1 unspecified atom stereocenters. The number of nitrogens with two attached hydrogens (primary N) is 1. The van der Waals surface area contributed by atoms with Crippen LogP contribution in [0.2, 0.25) is 0 Å². The predicted octanol–water partition coefficient (Wildman–Crippen LogP) is 0.431. The second-order valence-corrected chi connectivity index (χ2v) is 3.11. The van der Waals surface area contributed by atoms with E-state index in [1.165, 1.54) is 0 Å². The van der Waals surface area contributed by atoms with Crippen molar-refractivity contribution in [2.24, 2.45) is 5.73 Å². The van der Waals surface area contributed by atoms with Crippen molar-refractivity contribution in [1.82, 2.24) is 10.6 Å². The van der Waals surface area contributed by atoms with Crippen molar-refractivity contribution in [3.63, 3.8) is 0 Å². The zero-order valence-corrected chi connectivity index (χ0v) is 8.05. The maximum absolute atomic E-state index is 11.1. The smallest absolute Gasteiger partial charge is 0.315 e. The minimum absolute atomic E-state index is 0.0868. The van der Waals surface area contributed by atoms with Crippen LogP contribution < -0.4 is 16.4 Å². The van der Waals surface area contributed by atoms with E-state index in [9.17, 15) is 4.79 Å². The molecule has 1 atom stereocenters. The summed E-state index contributed by atoms with van der Waals surface area (Å²) in [4.78, 5) is 11.1.